The van der Waals surface area contributed by atoms with Crippen LogP contribution in [0.25, 0.3) is 0 Å². The summed E-state index contributed by atoms with van der Waals surface area (Å²) >= 11 is 0. The molecule has 0 spiro atoms. The number of nitro benzene ring substituents is 1. The van der Waals surface area contributed by atoms with E-state index < -0.39 is 10.8 Å². The van der Waals surface area contributed by atoms with Crippen LogP contribution in [0.2, 0.25) is 0 Å². The van der Waals surface area contributed by atoms with Gasteiger partial charge < -0.3 is 19.2 Å². The Balaban J connectivity index is 1.62. The number of anilines is 1. The predicted molar refractivity (Wildman–Crippen MR) is 116 cm³/mol. The summed E-state index contributed by atoms with van der Waals surface area (Å²) in [5.74, 6) is 1.47. The van der Waals surface area contributed by atoms with Crippen molar-refractivity contribution in [1.29, 1.82) is 0 Å². The summed E-state index contributed by atoms with van der Waals surface area (Å²) in [6.07, 6.45) is 1.07. The van der Waals surface area contributed by atoms with Crippen LogP contribution in [0.15, 0.2) is 59.0 Å². The first-order chi connectivity index (χ1) is 14.9. The second-order valence-electron chi connectivity index (χ2n) is 7.06. The highest BCUT2D eigenvalue weighted by Gasteiger charge is 2.16. The van der Waals surface area contributed by atoms with E-state index in [1.165, 1.54) is 36.9 Å². The van der Waals surface area contributed by atoms with Gasteiger partial charge in [-0.2, -0.15) is 0 Å². The van der Waals surface area contributed by atoms with Crippen molar-refractivity contribution in [2.45, 2.75) is 32.8 Å². The van der Waals surface area contributed by atoms with Crippen LogP contribution in [0.3, 0.4) is 0 Å². The molecule has 31 heavy (non-hydrogen) atoms. The van der Waals surface area contributed by atoms with Crippen molar-refractivity contribution in [2.24, 2.45) is 0 Å². The number of ether oxygens (including phenoxy) is 2. The fourth-order valence-corrected chi connectivity index (χ4v) is 2.93. The molecule has 1 aromatic heterocycles. The Bertz CT molecular complexity index is 1060. The molecule has 8 heteroatoms. The van der Waals surface area contributed by atoms with E-state index in [0.717, 1.165) is 6.42 Å². The molecule has 1 heterocycles. The van der Waals surface area contributed by atoms with Gasteiger partial charge in [0.15, 0.2) is 5.76 Å². The molecule has 1 amide bonds. The van der Waals surface area contributed by atoms with Gasteiger partial charge in [-0.15, -0.1) is 0 Å². The maximum atomic E-state index is 12.5. The number of carbonyl (C=O) groups is 1. The van der Waals surface area contributed by atoms with Crippen molar-refractivity contribution in [3.05, 3.63) is 81.8 Å². The van der Waals surface area contributed by atoms with Gasteiger partial charge in [0, 0.05) is 12.1 Å². The van der Waals surface area contributed by atoms with E-state index in [2.05, 4.69) is 19.2 Å². The number of nitrogens with zero attached hydrogens (tertiary/aromatic N) is 1. The highest BCUT2D eigenvalue weighted by Crippen LogP contribution is 2.26. The summed E-state index contributed by atoms with van der Waals surface area (Å²) in [6, 6.07) is 15.1. The SMILES string of the molecule is CCC(C)c1ccc(OCc2ccc(C(=O)Nc3cc(OC)cc([N+](=O)[O-])c3)o2)cc1. The van der Waals surface area contributed by atoms with Gasteiger partial charge in [-0.1, -0.05) is 26.0 Å². The summed E-state index contributed by atoms with van der Waals surface area (Å²) in [7, 11) is 1.39. The molecule has 162 valence electrons. The number of nitro groups is 1. The molecule has 0 saturated carbocycles. The van der Waals surface area contributed by atoms with Gasteiger partial charge in [0.1, 0.15) is 23.9 Å². The molecule has 3 rings (SSSR count). The monoisotopic (exact) mass is 424 g/mol. The van der Waals surface area contributed by atoms with Crippen molar-refractivity contribution in [3.8, 4) is 11.5 Å². The number of methoxy groups -OCH3 is 1. The van der Waals surface area contributed by atoms with Crippen LogP contribution in [-0.2, 0) is 6.61 Å². The number of amides is 1. The van der Waals surface area contributed by atoms with Crippen molar-refractivity contribution in [2.75, 3.05) is 12.4 Å². The molecule has 0 bridgehead atoms. The smallest absolute Gasteiger partial charge is 0.291 e. The van der Waals surface area contributed by atoms with Crippen LogP contribution in [0.5, 0.6) is 11.5 Å². The maximum Gasteiger partial charge on any atom is 0.291 e. The van der Waals surface area contributed by atoms with Gasteiger partial charge in [0.25, 0.3) is 11.6 Å². The fourth-order valence-electron chi connectivity index (χ4n) is 2.93. The maximum absolute atomic E-state index is 12.5. The van der Waals surface area contributed by atoms with Crippen LogP contribution < -0.4 is 14.8 Å². The first-order valence-electron chi connectivity index (χ1n) is 9.86. The van der Waals surface area contributed by atoms with Gasteiger partial charge >= 0.3 is 0 Å². The standard InChI is InChI=1S/C23H24N2O6/c1-4-15(2)16-5-7-19(8-6-16)30-14-20-9-10-22(31-20)23(26)24-17-11-18(25(27)28)13-21(12-17)29-3/h5-13,15H,4,14H2,1-3H3,(H,24,26). The Morgan fingerprint density at radius 1 is 1.13 bits per heavy atom. The lowest BCUT2D eigenvalue weighted by atomic mass is 9.99. The first kappa shape index (κ1) is 21.9. The fraction of sp³-hybridized carbons (Fsp3) is 0.261. The number of nitrogens with one attached hydrogen (secondary N) is 1. The second-order valence-corrected chi connectivity index (χ2v) is 7.06. The Morgan fingerprint density at radius 2 is 1.87 bits per heavy atom. The third-order valence-corrected chi connectivity index (χ3v) is 4.92. The van der Waals surface area contributed by atoms with Crippen LogP contribution in [0.4, 0.5) is 11.4 Å². The summed E-state index contributed by atoms with van der Waals surface area (Å²) in [4.78, 5) is 22.9. The molecule has 8 nitrogen and oxygen atoms in total. The molecule has 0 aliphatic rings. The Labute approximate surface area is 179 Å². The average molecular weight is 424 g/mol. The largest absolute Gasteiger partial charge is 0.496 e. The zero-order chi connectivity index (χ0) is 22.4. The Hall–Kier alpha value is -3.81. The molecule has 1 atom stereocenters. The third kappa shape index (κ3) is 5.63. The van der Waals surface area contributed by atoms with Crippen LogP contribution in [0.1, 0.15) is 48.1 Å². The Morgan fingerprint density at radius 3 is 2.52 bits per heavy atom. The predicted octanol–water partition coefficient (Wildman–Crippen LogP) is 5.54. The van der Waals surface area contributed by atoms with E-state index in [-0.39, 0.29) is 29.5 Å². The number of hydrogen-bond donors (Lipinski definition) is 1. The van der Waals surface area contributed by atoms with Gasteiger partial charge in [0.05, 0.1) is 23.8 Å². The van der Waals surface area contributed by atoms with Gasteiger partial charge in [-0.25, -0.2) is 0 Å². The van der Waals surface area contributed by atoms with Crippen molar-refractivity contribution < 1.29 is 23.6 Å². The van der Waals surface area contributed by atoms with Crippen molar-refractivity contribution in [3.63, 3.8) is 0 Å². The van der Waals surface area contributed by atoms with E-state index in [4.69, 9.17) is 13.9 Å². The molecule has 0 radical (unpaired) electrons. The van der Waals surface area contributed by atoms with Crippen LogP contribution in [0, 0.1) is 10.1 Å². The normalized spacial score (nSPS) is 11.6. The number of hydrogen-bond acceptors (Lipinski definition) is 6. The minimum atomic E-state index is -0.560. The lowest BCUT2D eigenvalue weighted by molar-refractivity contribution is -0.384. The lowest BCUT2D eigenvalue weighted by Gasteiger charge is -2.10. The average Bonchev–Trinajstić information content (AvgIpc) is 3.26. The third-order valence-electron chi connectivity index (χ3n) is 4.92. The molecular formula is C23H24N2O6. The van der Waals surface area contributed by atoms with E-state index in [1.807, 2.05) is 24.3 Å². The molecule has 0 fully saturated rings. The molecule has 0 aliphatic heterocycles. The zero-order valence-electron chi connectivity index (χ0n) is 17.6. The van der Waals surface area contributed by atoms with Crippen molar-refractivity contribution in [1.82, 2.24) is 0 Å². The lowest BCUT2D eigenvalue weighted by Crippen LogP contribution is -2.11. The number of non-ortho nitro benzene ring substituents is 1. The second kappa shape index (κ2) is 9.80. The van der Waals surface area contributed by atoms with Crippen LogP contribution in [-0.4, -0.2) is 17.9 Å². The summed E-state index contributed by atoms with van der Waals surface area (Å²) < 4.78 is 16.3. The Kier molecular flexibility index (Phi) is 6.92. The molecule has 0 aliphatic carbocycles. The van der Waals surface area contributed by atoms with E-state index in [0.29, 0.717) is 17.4 Å². The van der Waals surface area contributed by atoms with Crippen LogP contribution >= 0.6 is 0 Å². The molecule has 0 saturated heterocycles. The summed E-state index contributed by atoms with van der Waals surface area (Å²) in [5, 5.41) is 13.6. The summed E-state index contributed by atoms with van der Waals surface area (Å²) in [6.45, 7) is 4.49. The molecular weight excluding hydrogens is 400 g/mol. The van der Waals surface area contributed by atoms with E-state index >= 15 is 0 Å². The number of benzene rings is 2. The zero-order valence-corrected chi connectivity index (χ0v) is 17.6. The van der Waals surface area contributed by atoms with Gasteiger partial charge in [0.2, 0.25) is 0 Å². The summed E-state index contributed by atoms with van der Waals surface area (Å²) in [5.41, 5.74) is 1.29. The quantitative estimate of drug-likeness (QED) is 0.357. The topological polar surface area (TPSA) is 104 Å². The van der Waals surface area contributed by atoms with Gasteiger partial charge in [-0.05, 0) is 42.2 Å². The first-order valence-corrected chi connectivity index (χ1v) is 9.86. The highest BCUT2D eigenvalue weighted by molar-refractivity contribution is 6.02. The molecule has 2 aromatic carbocycles. The number of furan rings is 1. The molecule has 1 N–H and O–H groups in total. The molecule has 3 aromatic rings. The van der Waals surface area contributed by atoms with E-state index in [1.54, 1.807) is 6.07 Å². The molecule has 1 unspecified atom stereocenters. The van der Waals surface area contributed by atoms with E-state index in [9.17, 15) is 14.9 Å². The number of rotatable bonds is 9. The number of carbonyl (C=O) groups excluding carboxylic acids is 1. The minimum absolute atomic E-state index is 0.0659. The highest BCUT2D eigenvalue weighted by atomic mass is 16.6. The van der Waals surface area contributed by atoms with Crippen molar-refractivity contribution >= 4 is 17.3 Å². The van der Waals surface area contributed by atoms with Gasteiger partial charge in [-0.3, -0.25) is 14.9 Å². The minimum Gasteiger partial charge on any atom is -0.496 e.